The molecule has 2 amide bonds. The van der Waals surface area contributed by atoms with Gasteiger partial charge in [-0.1, -0.05) is 19.3 Å². The molecular formula is C17H26N2O2. The van der Waals surface area contributed by atoms with E-state index in [1.54, 1.807) is 0 Å². The first-order chi connectivity index (χ1) is 10.1. The summed E-state index contributed by atoms with van der Waals surface area (Å²) in [6.07, 6.45) is 9.23. The van der Waals surface area contributed by atoms with Crippen molar-refractivity contribution >= 4 is 11.8 Å². The fourth-order valence-corrected chi connectivity index (χ4v) is 5.52. The van der Waals surface area contributed by atoms with Crippen LogP contribution in [0.15, 0.2) is 0 Å². The molecule has 1 aliphatic heterocycles. The van der Waals surface area contributed by atoms with Crippen LogP contribution in [0.2, 0.25) is 0 Å². The summed E-state index contributed by atoms with van der Waals surface area (Å²) in [5, 5.41) is 2.92. The standard InChI is InChI=1S/C17H26N2O2/c1-11-15(20)19(10-14-9-12-4-5-13(14)8-12)17(16(21)18-11)6-2-3-7-17/h11-14H,2-10H2,1H3,(H,18,21). The van der Waals surface area contributed by atoms with Crippen molar-refractivity contribution in [2.75, 3.05) is 6.54 Å². The predicted octanol–water partition coefficient (Wildman–Crippen LogP) is 2.08. The van der Waals surface area contributed by atoms with Crippen molar-refractivity contribution in [2.45, 2.75) is 69.9 Å². The lowest BCUT2D eigenvalue weighted by atomic mass is 9.84. The molecule has 116 valence electrons. The topological polar surface area (TPSA) is 49.4 Å². The zero-order valence-electron chi connectivity index (χ0n) is 12.9. The normalized spacial score (nSPS) is 41.1. The molecule has 4 atom stereocenters. The molecule has 21 heavy (non-hydrogen) atoms. The molecule has 4 rings (SSSR count). The third kappa shape index (κ3) is 1.94. The highest BCUT2D eigenvalue weighted by Gasteiger charge is 2.54. The van der Waals surface area contributed by atoms with E-state index in [9.17, 15) is 9.59 Å². The highest BCUT2D eigenvalue weighted by molar-refractivity contribution is 5.99. The molecule has 4 fully saturated rings. The van der Waals surface area contributed by atoms with E-state index in [0.717, 1.165) is 44.1 Å². The van der Waals surface area contributed by atoms with Gasteiger partial charge in [-0.25, -0.2) is 0 Å². The van der Waals surface area contributed by atoms with Crippen LogP contribution in [0.3, 0.4) is 0 Å². The highest BCUT2D eigenvalue weighted by atomic mass is 16.2. The lowest BCUT2D eigenvalue weighted by Gasteiger charge is -2.47. The van der Waals surface area contributed by atoms with Gasteiger partial charge in [0.15, 0.2) is 0 Å². The zero-order valence-corrected chi connectivity index (χ0v) is 12.9. The summed E-state index contributed by atoms with van der Waals surface area (Å²) in [5.41, 5.74) is -0.509. The number of piperazine rings is 1. The van der Waals surface area contributed by atoms with Crippen molar-refractivity contribution in [1.29, 1.82) is 0 Å². The van der Waals surface area contributed by atoms with Gasteiger partial charge in [-0.2, -0.15) is 0 Å². The summed E-state index contributed by atoms with van der Waals surface area (Å²) in [5.74, 6) is 2.60. The van der Waals surface area contributed by atoms with Gasteiger partial charge in [-0.15, -0.1) is 0 Å². The number of nitrogens with one attached hydrogen (secondary N) is 1. The second kappa shape index (κ2) is 4.72. The molecule has 3 saturated carbocycles. The van der Waals surface area contributed by atoms with Crippen LogP contribution < -0.4 is 5.32 Å². The van der Waals surface area contributed by atoms with Crippen molar-refractivity contribution in [3.63, 3.8) is 0 Å². The molecule has 0 aromatic heterocycles. The minimum absolute atomic E-state index is 0.107. The van der Waals surface area contributed by atoms with Crippen LogP contribution in [0.25, 0.3) is 0 Å². The van der Waals surface area contributed by atoms with Gasteiger partial charge in [0.25, 0.3) is 0 Å². The molecule has 0 radical (unpaired) electrons. The number of amides is 2. The summed E-state index contributed by atoms with van der Waals surface area (Å²) in [6, 6.07) is -0.345. The number of carbonyl (C=O) groups is 2. The fourth-order valence-electron chi connectivity index (χ4n) is 5.52. The van der Waals surface area contributed by atoms with E-state index in [1.807, 2.05) is 11.8 Å². The molecular weight excluding hydrogens is 264 g/mol. The van der Waals surface area contributed by atoms with E-state index in [2.05, 4.69) is 5.32 Å². The van der Waals surface area contributed by atoms with Crippen molar-refractivity contribution in [3.8, 4) is 0 Å². The largest absolute Gasteiger partial charge is 0.343 e. The molecule has 4 nitrogen and oxygen atoms in total. The number of rotatable bonds is 2. The fraction of sp³-hybridized carbons (Fsp3) is 0.882. The third-order valence-electron chi connectivity index (χ3n) is 6.66. The summed E-state index contributed by atoms with van der Waals surface area (Å²) in [6.45, 7) is 2.66. The SMILES string of the molecule is CC1NC(=O)C2(CCCC2)N(CC2CC3CCC2C3)C1=O. The molecule has 0 aromatic carbocycles. The monoisotopic (exact) mass is 290 g/mol. The van der Waals surface area contributed by atoms with Crippen LogP contribution in [0.4, 0.5) is 0 Å². The molecule has 3 aliphatic carbocycles. The minimum atomic E-state index is -0.509. The molecule has 4 unspecified atom stereocenters. The quantitative estimate of drug-likeness (QED) is 0.846. The highest BCUT2D eigenvalue weighted by Crippen LogP contribution is 2.50. The second-order valence-corrected chi connectivity index (χ2v) is 7.82. The molecule has 4 heteroatoms. The van der Waals surface area contributed by atoms with Gasteiger partial charge in [0.05, 0.1) is 0 Å². The van der Waals surface area contributed by atoms with Crippen molar-refractivity contribution in [1.82, 2.24) is 10.2 Å². The molecule has 0 aromatic rings. The van der Waals surface area contributed by atoms with Gasteiger partial charge in [0, 0.05) is 6.54 Å². The first-order valence-electron chi connectivity index (χ1n) is 8.72. The van der Waals surface area contributed by atoms with Gasteiger partial charge in [0.2, 0.25) is 11.8 Å². The maximum atomic E-state index is 12.7. The Morgan fingerprint density at radius 1 is 1.19 bits per heavy atom. The van der Waals surface area contributed by atoms with Crippen molar-refractivity contribution < 1.29 is 9.59 Å². The number of nitrogens with zero attached hydrogens (tertiary/aromatic N) is 1. The summed E-state index contributed by atoms with van der Waals surface area (Å²) in [7, 11) is 0. The Hall–Kier alpha value is -1.06. The minimum Gasteiger partial charge on any atom is -0.343 e. The number of fused-ring (bicyclic) bond motifs is 2. The number of carbonyl (C=O) groups excluding carboxylic acids is 2. The van der Waals surface area contributed by atoms with E-state index in [0.29, 0.717) is 5.92 Å². The Balaban J connectivity index is 1.59. The van der Waals surface area contributed by atoms with Crippen LogP contribution in [0, 0.1) is 17.8 Å². The molecule has 1 spiro atoms. The van der Waals surface area contributed by atoms with Crippen LogP contribution >= 0.6 is 0 Å². The Kier molecular flexibility index (Phi) is 3.05. The van der Waals surface area contributed by atoms with Gasteiger partial charge < -0.3 is 10.2 Å². The second-order valence-electron chi connectivity index (χ2n) is 7.82. The summed E-state index contributed by atoms with van der Waals surface area (Å²) in [4.78, 5) is 27.4. The van der Waals surface area contributed by atoms with Crippen LogP contribution in [0.1, 0.15) is 58.3 Å². The maximum Gasteiger partial charge on any atom is 0.246 e. The Bertz CT molecular complexity index is 469. The Labute approximate surface area is 126 Å². The first kappa shape index (κ1) is 13.6. The molecule has 4 aliphatic rings. The smallest absolute Gasteiger partial charge is 0.246 e. The first-order valence-corrected chi connectivity index (χ1v) is 8.72. The summed E-state index contributed by atoms with van der Waals surface area (Å²) >= 11 is 0. The van der Waals surface area contributed by atoms with Gasteiger partial charge in [-0.05, 0) is 56.8 Å². The lowest BCUT2D eigenvalue weighted by Crippen LogP contribution is -2.69. The Morgan fingerprint density at radius 2 is 1.95 bits per heavy atom. The van der Waals surface area contributed by atoms with Crippen molar-refractivity contribution in [2.24, 2.45) is 17.8 Å². The molecule has 1 N–H and O–H groups in total. The van der Waals surface area contributed by atoms with Gasteiger partial charge in [0.1, 0.15) is 11.6 Å². The third-order valence-corrected chi connectivity index (χ3v) is 6.66. The Morgan fingerprint density at radius 3 is 2.57 bits per heavy atom. The zero-order chi connectivity index (χ0) is 14.6. The van der Waals surface area contributed by atoms with E-state index >= 15 is 0 Å². The van der Waals surface area contributed by atoms with Crippen LogP contribution in [0.5, 0.6) is 0 Å². The molecule has 2 bridgehead atoms. The number of hydrogen-bond donors (Lipinski definition) is 1. The van der Waals surface area contributed by atoms with Crippen molar-refractivity contribution in [3.05, 3.63) is 0 Å². The lowest BCUT2D eigenvalue weighted by molar-refractivity contribution is -0.158. The molecule has 1 saturated heterocycles. The molecule has 1 heterocycles. The predicted molar refractivity (Wildman–Crippen MR) is 79.5 cm³/mol. The van der Waals surface area contributed by atoms with E-state index in [4.69, 9.17) is 0 Å². The average molecular weight is 290 g/mol. The van der Waals surface area contributed by atoms with Gasteiger partial charge >= 0.3 is 0 Å². The van der Waals surface area contributed by atoms with Crippen LogP contribution in [-0.2, 0) is 9.59 Å². The average Bonchev–Trinajstić information content (AvgIpc) is 3.18. The summed E-state index contributed by atoms with van der Waals surface area (Å²) < 4.78 is 0. The van der Waals surface area contributed by atoms with Gasteiger partial charge in [-0.3, -0.25) is 9.59 Å². The maximum absolute atomic E-state index is 12.7. The van der Waals surface area contributed by atoms with Crippen LogP contribution in [-0.4, -0.2) is 34.8 Å². The van der Waals surface area contributed by atoms with E-state index in [-0.39, 0.29) is 17.9 Å². The number of hydrogen-bond acceptors (Lipinski definition) is 2. The van der Waals surface area contributed by atoms with E-state index in [1.165, 1.54) is 25.7 Å². The van der Waals surface area contributed by atoms with E-state index < -0.39 is 5.54 Å².